The Morgan fingerprint density at radius 2 is 2.54 bits per heavy atom. The highest BCUT2D eigenvalue weighted by Crippen LogP contribution is 2.15. The number of ether oxygens (including phenoxy) is 2. The van der Waals surface area contributed by atoms with Crippen LogP contribution in [0.1, 0.15) is 19.8 Å². The van der Waals surface area contributed by atoms with Crippen LogP contribution in [-0.2, 0) is 9.47 Å². The van der Waals surface area contributed by atoms with Gasteiger partial charge < -0.3 is 14.8 Å². The SMILES string of the molecule is CCOCCC(NC)C1=CCCO1. The van der Waals surface area contributed by atoms with Crippen molar-refractivity contribution in [3.8, 4) is 0 Å². The van der Waals surface area contributed by atoms with Crippen LogP contribution in [0, 0.1) is 0 Å². The van der Waals surface area contributed by atoms with Crippen molar-refractivity contribution in [1.82, 2.24) is 5.32 Å². The first-order valence-corrected chi connectivity index (χ1v) is 4.96. The Bertz CT molecular complexity index is 168. The molecule has 1 atom stereocenters. The number of rotatable bonds is 6. The lowest BCUT2D eigenvalue weighted by Crippen LogP contribution is -2.29. The molecule has 3 nitrogen and oxygen atoms in total. The molecule has 0 amide bonds. The smallest absolute Gasteiger partial charge is 0.109 e. The van der Waals surface area contributed by atoms with Crippen molar-refractivity contribution in [2.75, 3.05) is 26.9 Å². The molecule has 0 saturated carbocycles. The first kappa shape index (κ1) is 10.5. The molecule has 0 spiro atoms. The quantitative estimate of drug-likeness (QED) is 0.633. The number of hydrogen-bond donors (Lipinski definition) is 1. The van der Waals surface area contributed by atoms with E-state index in [9.17, 15) is 0 Å². The van der Waals surface area contributed by atoms with E-state index in [1.165, 1.54) is 0 Å². The van der Waals surface area contributed by atoms with E-state index in [0.717, 1.165) is 38.4 Å². The van der Waals surface area contributed by atoms with Crippen LogP contribution in [0.4, 0.5) is 0 Å². The topological polar surface area (TPSA) is 30.5 Å². The van der Waals surface area contributed by atoms with Gasteiger partial charge in [-0.1, -0.05) is 0 Å². The minimum atomic E-state index is 0.328. The Balaban J connectivity index is 2.25. The average Bonchev–Trinajstić information content (AvgIpc) is 2.65. The van der Waals surface area contributed by atoms with Crippen LogP contribution in [0.2, 0.25) is 0 Å². The summed E-state index contributed by atoms with van der Waals surface area (Å²) in [4.78, 5) is 0. The predicted octanol–water partition coefficient (Wildman–Crippen LogP) is 1.31. The lowest BCUT2D eigenvalue weighted by molar-refractivity contribution is 0.130. The fourth-order valence-corrected chi connectivity index (χ4v) is 1.45. The van der Waals surface area contributed by atoms with Crippen molar-refractivity contribution in [2.45, 2.75) is 25.8 Å². The van der Waals surface area contributed by atoms with Crippen LogP contribution < -0.4 is 5.32 Å². The molecule has 1 unspecified atom stereocenters. The molecular formula is C10H19NO2. The van der Waals surface area contributed by atoms with Gasteiger partial charge in [-0.2, -0.15) is 0 Å². The zero-order chi connectivity index (χ0) is 9.52. The fraction of sp³-hybridized carbons (Fsp3) is 0.800. The standard InChI is InChI=1S/C10H19NO2/c1-3-12-8-6-9(11-2)10-5-4-7-13-10/h5,9,11H,3-4,6-8H2,1-2H3. The van der Waals surface area contributed by atoms with E-state index in [2.05, 4.69) is 11.4 Å². The van der Waals surface area contributed by atoms with Gasteiger partial charge in [0.05, 0.1) is 12.6 Å². The van der Waals surface area contributed by atoms with Crippen LogP contribution in [0.3, 0.4) is 0 Å². The molecule has 0 saturated heterocycles. The Morgan fingerprint density at radius 1 is 1.69 bits per heavy atom. The third-order valence-electron chi connectivity index (χ3n) is 2.18. The number of nitrogens with one attached hydrogen (secondary N) is 1. The first-order chi connectivity index (χ1) is 6.38. The highest BCUT2D eigenvalue weighted by Gasteiger charge is 2.16. The van der Waals surface area contributed by atoms with E-state index >= 15 is 0 Å². The van der Waals surface area contributed by atoms with Gasteiger partial charge in [-0.3, -0.25) is 0 Å². The van der Waals surface area contributed by atoms with Crippen LogP contribution in [0.15, 0.2) is 11.8 Å². The van der Waals surface area contributed by atoms with E-state index in [0.29, 0.717) is 6.04 Å². The van der Waals surface area contributed by atoms with Crippen molar-refractivity contribution in [2.24, 2.45) is 0 Å². The minimum absolute atomic E-state index is 0.328. The summed E-state index contributed by atoms with van der Waals surface area (Å²) in [7, 11) is 1.96. The molecule has 1 aliphatic rings. The van der Waals surface area contributed by atoms with E-state index < -0.39 is 0 Å². The molecule has 3 heteroatoms. The Labute approximate surface area is 80.1 Å². The van der Waals surface area contributed by atoms with E-state index in [1.54, 1.807) is 0 Å². The highest BCUT2D eigenvalue weighted by molar-refractivity contribution is 5.06. The van der Waals surface area contributed by atoms with Crippen molar-refractivity contribution in [1.29, 1.82) is 0 Å². The molecule has 0 aliphatic carbocycles. The Morgan fingerprint density at radius 3 is 3.08 bits per heavy atom. The summed E-state index contributed by atoms with van der Waals surface area (Å²) in [5.74, 6) is 1.09. The summed E-state index contributed by atoms with van der Waals surface area (Å²) in [6, 6.07) is 0.328. The molecule has 1 N–H and O–H groups in total. The third-order valence-corrected chi connectivity index (χ3v) is 2.18. The van der Waals surface area contributed by atoms with Gasteiger partial charge in [-0.15, -0.1) is 0 Å². The van der Waals surface area contributed by atoms with Crippen molar-refractivity contribution >= 4 is 0 Å². The molecule has 1 rings (SSSR count). The summed E-state index contributed by atoms with van der Waals surface area (Å²) in [5, 5.41) is 3.23. The summed E-state index contributed by atoms with van der Waals surface area (Å²) < 4.78 is 10.8. The third kappa shape index (κ3) is 3.36. The molecule has 1 heterocycles. The summed E-state index contributed by atoms with van der Waals surface area (Å²) >= 11 is 0. The van der Waals surface area contributed by atoms with E-state index in [-0.39, 0.29) is 0 Å². The molecule has 0 fully saturated rings. The molecule has 0 radical (unpaired) electrons. The second kappa shape index (κ2) is 6.00. The normalized spacial score (nSPS) is 18.2. The van der Waals surface area contributed by atoms with Crippen LogP contribution in [-0.4, -0.2) is 32.9 Å². The fourth-order valence-electron chi connectivity index (χ4n) is 1.45. The summed E-state index contributed by atoms with van der Waals surface area (Å²) in [6.45, 7) is 4.43. The van der Waals surface area contributed by atoms with Crippen molar-refractivity contribution in [3.05, 3.63) is 11.8 Å². The van der Waals surface area contributed by atoms with Gasteiger partial charge in [0.2, 0.25) is 0 Å². The molecule has 0 aromatic heterocycles. The molecule has 1 aliphatic heterocycles. The van der Waals surface area contributed by atoms with Gasteiger partial charge in [-0.05, 0) is 26.5 Å². The van der Waals surface area contributed by atoms with E-state index in [4.69, 9.17) is 9.47 Å². The number of hydrogen-bond acceptors (Lipinski definition) is 3. The second-order valence-corrected chi connectivity index (χ2v) is 3.07. The molecule has 0 aromatic carbocycles. The first-order valence-electron chi connectivity index (χ1n) is 4.96. The highest BCUT2D eigenvalue weighted by atomic mass is 16.5. The zero-order valence-electron chi connectivity index (χ0n) is 8.51. The largest absolute Gasteiger partial charge is 0.496 e. The molecular weight excluding hydrogens is 166 g/mol. The maximum Gasteiger partial charge on any atom is 0.109 e. The monoisotopic (exact) mass is 185 g/mol. The maximum atomic E-state index is 5.48. The lowest BCUT2D eigenvalue weighted by atomic mass is 10.1. The second-order valence-electron chi connectivity index (χ2n) is 3.07. The van der Waals surface area contributed by atoms with Crippen LogP contribution in [0.5, 0.6) is 0 Å². The van der Waals surface area contributed by atoms with Gasteiger partial charge >= 0.3 is 0 Å². The van der Waals surface area contributed by atoms with Crippen molar-refractivity contribution < 1.29 is 9.47 Å². The average molecular weight is 185 g/mol. The lowest BCUT2D eigenvalue weighted by Gasteiger charge is -2.16. The van der Waals surface area contributed by atoms with Gasteiger partial charge in [0.25, 0.3) is 0 Å². The zero-order valence-corrected chi connectivity index (χ0v) is 8.51. The minimum Gasteiger partial charge on any atom is -0.496 e. The maximum absolute atomic E-state index is 5.48. The molecule has 0 aromatic rings. The van der Waals surface area contributed by atoms with Crippen LogP contribution in [0.25, 0.3) is 0 Å². The van der Waals surface area contributed by atoms with Gasteiger partial charge in [0.1, 0.15) is 5.76 Å². The predicted molar refractivity (Wildman–Crippen MR) is 52.6 cm³/mol. The Kier molecular flexibility index (Phi) is 4.86. The number of likely N-dealkylation sites (N-methyl/N-ethyl adjacent to an activating group) is 1. The molecule has 0 bridgehead atoms. The van der Waals surface area contributed by atoms with Crippen LogP contribution >= 0.6 is 0 Å². The molecule has 76 valence electrons. The molecule has 13 heavy (non-hydrogen) atoms. The van der Waals surface area contributed by atoms with Gasteiger partial charge in [0, 0.05) is 19.6 Å². The Hall–Kier alpha value is -0.540. The van der Waals surface area contributed by atoms with Gasteiger partial charge in [-0.25, -0.2) is 0 Å². The van der Waals surface area contributed by atoms with Gasteiger partial charge in [0.15, 0.2) is 0 Å². The van der Waals surface area contributed by atoms with E-state index in [1.807, 2.05) is 14.0 Å². The summed E-state index contributed by atoms with van der Waals surface area (Å²) in [5.41, 5.74) is 0. The summed E-state index contributed by atoms with van der Waals surface area (Å²) in [6.07, 6.45) is 4.19. The van der Waals surface area contributed by atoms with Crippen molar-refractivity contribution in [3.63, 3.8) is 0 Å².